The number of hydrogen-bond donors (Lipinski definition) is 2. The molecule has 21 heavy (non-hydrogen) atoms. The fraction of sp³-hybridized carbons (Fsp3) is 0.500. The van der Waals surface area contributed by atoms with Crippen LogP contribution in [0.15, 0.2) is 24.3 Å². The summed E-state index contributed by atoms with van der Waals surface area (Å²) in [4.78, 5) is 25.2. The third-order valence-corrected chi connectivity index (χ3v) is 4.00. The number of hydrogen-bond acceptors (Lipinski definition) is 3. The van der Waals surface area contributed by atoms with Crippen LogP contribution in [0.4, 0.5) is 5.69 Å². The van der Waals surface area contributed by atoms with Crippen LogP contribution in [-0.2, 0) is 16.0 Å². The monoisotopic (exact) mass is 290 g/mol. The predicted octanol–water partition coefficient (Wildman–Crippen LogP) is 1.98. The summed E-state index contributed by atoms with van der Waals surface area (Å²) in [7, 11) is 0. The Morgan fingerprint density at radius 3 is 2.81 bits per heavy atom. The SMILES string of the molecule is CCN(C(=O)C1CNc2ccccc2C1)C(C)CC(=O)O. The topological polar surface area (TPSA) is 69.6 Å². The number of carbonyl (C=O) groups is 2. The molecule has 1 heterocycles. The molecule has 5 heteroatoms. The van der Waals surface area contributed by atoms with Crippen molar-refractivity contribution in [1.29, 1.82) is 0 Å². The molecule has 1 aliphatic rings. The van der Waals surface area contributed by atoms with Crippen LogP contribution in [0.25, 0.3) is 0 Å². The molecular formula is C16H22N2O3. The molecule has 2 unspecified atom stereocenters. The quantitative estimate of drug-likeness (QED) is 0.870. The molecule has 2 N–H and O–H groups in total. The van der Waals surface area contributed by atoms with Crippen molar-refractivity contribution in [2.45, 2.75) is 32.7 Å². The Labute approximate surface area is 125 Å². The molecule has 0 radical (unpaired) electrons. The largest absolute Gasteiger partial charge is 0.481 e. The van der Waals surface area contributed by atoms with Crippen LogP contribution in [0.1, 0.15) is 25.8 Å². The van der Waals surface area contributed by atoms with Gasteiger partial charge >= 0.3 is 5.97 Å². The summed E-state index contributed by atoms with van der Waals surface area (Å²) < 4.78 is 0. The molecule has 0 spiro atoms. The van der Waals surface area contributed by atoms with Gasteiger partial charge in [0.05, 0.1) is 12.3 Å². The average molecular weight is 290 g/mol. The van der Waals surface area contributed by atoms with Crippen molar-refractivity contribution in [2.24, 2.45) is 5.92 Å². The highest BCUT2D eigenvalue weighted by Gasteiger charge is 2.30. The summed E-state index contributed by atoms with van der Waals surface area (Å²) in [5.41, 5.74) is 2.23. The number of carbonyl (C=O) groups excluding carboxylic acids is 1. The van der Waals surface area contributed by atoms with Crippen molar-refractivity contribution in [3.63, 3.8) is 0 Å². The van der Waals surface area contributed by atoms with Gasteiger partial charge in [0, 0.05) is 24.8 Å². The van der Waals surface area contributed by atoms with Gasteiger partial charge in [-0.05, 0) is 31.9 Å². The molecule has 1 aromatic carbocycles. The standard InChI is InChI=1S/C16H22N2O3/c1-3-18(11(2)8-15(19)20)16(21)13-9-12-6-4-5-7-14(12)17-10-13/h4-7,11,13,17H,3,8-10H2,1-2H3,(H,19,20). The normalized spacial score (nSPS) is 18.3. The van der Waals surface area contributed by atoms with Crippen LogP contribution in [0.5, 0.6) is 0 Å². The number of anilines is 1. The molecule has 1 aromatic rings. The highest BCUT2D eigenvalue weighted by Crippen LogP contribution is 2.26. The molecule has 0 aliphatic carbocycles. The van der Waals surface area contributed by atoms with E-state index >= 15 is 0 Å². The molecule has 0 aromatic heterocycles. The molecule has 0 saturated carbocycles. The summed E-state index contributed by atoms with van der Waals surface area (Å²) in [6.07, 6.45) is 0.689. The van der Waals surface area contributed by atoms with Gasteiger partial charge in [0.2, 0.25) is 5.91 Å². The van der Waals surface area contributed by atoms with Gasteiger partial charge in [-0.3, -0.25) is 9.59 Å². The minimum absolute atomic E-state index is 0.0175. The summed E-state index contributed by atoms with van der Waals surface area (Å²) >= 11 is 0. The second kappa shape index (κ2) is 6.61. The summed E-state index contributed by atoms with van der Waals surface area (Å²) in [5, 5.41) is 12.2. The lowest BCUT2D eigenvalue weighted by Gasteiger charge is -2.33. The number of fused-ring (bicyclic) bond motifs is 1. The number of benzene rings is 1. The molecule has 0 saturated heterocycles. The average Bonchev–Trinajstić information content (AvgIpc) is 2.46. The Morgan fingerprint density at radius 1 is 1.43 bits per heavy atom. The van der Waals surface area contributed by atoms with E-state index in [4.69, 9.17) is 5.11 Å². The lowest BCUT2D eigenvalue weighted by atomic mass is 9.92. The minimum atomic E-state index is -0.874. The number of nitrogens with one attached hydrogen (secondary N) is 1. The summed E-state index contributed by atoms with van der Waals surface area (Å²) in [6.45, 7) is 4.82. The van der Waals surface area contributed by atoms with Crippen LogP contribution < -0.4 is 5.32 Å². The highest BCUT2D eigenvalue weighted by molar-refractivity contribution is 5.82. The predicted molar refractivity (Wildman–Crippen MR) is 81.2 cm³/mol. The molecule has 0 bridgehead atoms. The zero-order valence-electron chi connectivity index (χ0n) is 12.5. The Bertz CT molecular complexity index is 530. The van der Waals surface area contributed by atoms with Gasteiger partial charge in [0.1, 0.15) is 0 Å². The second-order valence-electron chi connectivity index (χ2n) is 5.51. The maximum atomic E-state index is 12.7. The lowest BCUT2D eigenvalue weighted by Crippen LogP contribution is -2.46. The highest BCUT2D eigenvalue weighted by atomic mass is 16.4. The van der Waals surface area contributed by atoms with Crippen LogP contribution in [-0.4, -0.2) is 41.0 Å². The summed E-state index contributed by atoms with van der Waals surface area (Å²) in [5.74, 6) is -0.967. The van der Waals surface area contributed by atoms with E-state index in [-0.39, 0.29) is 24.3 Å². The molecule has 1 aliphatic heterocycles. The van der Waals surface area contributed by atoms with Crippen molar-refractivity contribution in [3.05, 3.63) is 29.8 Å². The van der Waals surface area contributed by atoms with E-state index < -0.39 is 5.97 Å². The number of amides is 1. The van der Waals surface area contributed by atoms with Crippen LogP contribution in [0.2, 0.25) is 0 Å². The van der Waals surface area contributed by atoms with Crippen molar-refractivity contribution in [1.82, 2.24) is 4.90 Å². The van der Waals surface area contributed by atoms with Gasteiger partial charge in [-0.2, -0.15) is 0 Å². The number of rotatable bonds is 5. The van der Waals surface area contributed by atoms with Gasteiger partial charge in [-0.1, -0.05) is 18.2 Å². The maximum absolute atomic E-state index is 12.7. The number of carboxylic acid groups (broad SMARTS) is 1. The third kappa shape index (κ3) is 3.54. The van der Waals surface area contributed by atoms with E-state index in [0.717, 1.165) is 11.3 Å². The first-order valence-electron chi connectivity index (χ1n) is 7.37. The fourth-order valence-corrected chi connectivity index (χ4v) is 2.90. The smallest absolute Gasteiger partial charge is 0.305 e. The fourth-order valence-electron chi connectivity index (χ4n) is 2.90. The molecule has 0 fully saturated rings. The molecule has 1 amide bonds. The van der Waals surface area contributed by atoms with Crippen molar-refractivity contribution in [2.75, 3.05) is 18.4 Å². The lowest BCUT2D eigenvalue weighted by molar-refractivity contribution is -0.141. The van der Waals surface area contributed by atoms with Crippen molar-refractivity contribution >= 4 is 17.6 Å². The van der Waals surface area contributed by atoms with E-state index in [0.29, 0.717) is 19.5 Å². The summed E-state index contributed by atoms with van der Waals surface area (Å²) in [6, 6.07) is 7.70. The Hall–Kier alpha value is -2.04. The zero-order valence-corrected chi connectivity index (χ0v) is 12.5. The number of aliphatic carboxylic acids is 1. The molecule has 2 atom stereocenters. The number of para-hydroxylation sites is 1. The Morgan fingerprint density at radius 2 is 2.14 bits per heavy atom. The second-order valence-corrected chi connectivity index (χ2v) is 5.51. The van der Waals surface area contributed by atoms with Gasteiger partial charge < -0.3 is 15.3 Å². The van der Waals surface area contributed by atoms with E-state index in [1.165, 1.54) is 0 Å². The van der Waals surface area contributed by atoms with Crippen LogP contribution >= 0.6 is 0 Å². The zero-order chi connectivity index (χ0) is 15.4. The number of carboxylic acids is 1. The van der Waals surface area contributed by atoms with E-state index in [1.54, 1.807) is 11.8 Å². The van der Waals surface area contributed by atoms with Gasteiger partial charge in [0.25, 0.3) is 0 Å². The molecule has 5 nitrogen and oxygen atoms in total. The van der Waals surface area contributed by atoms with Crippen molar-refractivity contribution in [3.8, 4) is 0 Å². The Balaban J connectivity index is 2.07. The maximum Gasteiger partial charge on any atom is 0.305 e. The first-order valence-corrected chi connectivity index (χ1v) is 7.37. The van der Waals surface area contributed by atoms with Gasteiger partial charge in [-0.15, -0.1) is 0 Å². The molecular weight excluding hydrogens is 268 g/mol. The first kappa shape index (κ1) is 15.4. The van der Waals surface area contributed by atoms with Crippen molar-refractivity contribution < 1.29 is 14.7 Å². The van der Waals surface area contributed by atoms with Crippen LogP contribution in [0.3, 0.4) is 0 Å². The van der Waals surface area contributed by atoms with E-state index in [2.05, 4.69) is 5.32 Å². The molecule has 2 rings (SSSR count). The molecule has 114 valence electrons. The van der Waals surface area contributed by atoms with E-state index in [9.17, 15) is 9.59 Å². The minimum Gasteiger partial charge on any atom is -0.481 e. The van der Waals surface area contributed by atoms with Gasteiger partial charge in [-0.25, -0.2) is 0 Å². The Kier molecular flexibility index (Phi) is 4.83. The van der Waals surface area contributed by atoms with Crippen LogP contribution in [0, 0.1) is 5.92 Å². The number of nitrogens with zero attached hydrogens (tertiary/aromatic N) is 1. The van der Waals surface area contributed by atoms with Gasteiger partial charge in [0.15, 0.2) is 0 Å². The first-order chi connectivity index (χ1) is 10.0. The van der Waals surface area contributed by atoms with E-state index in [1.807, 2.05) is 31.2 Å². The third-order valence-electron chi connectivity index (χ3n) is 4.00.